The van der Waals surface area contributed by atoms with Gasteiger partial charge in [0, 0.05) is 5.75 Å². The summed E-state index contributed by atoms with van der Waals surface area (Å²) in [5, 5.41) is 10.1. The van der Waals surface area contributed by atoms with Gasteiger partial charge < -0.3 is 5.11 Å². The van der Waals surface area contributed by atoms with Crippen molar-refractivity contribution in [3.05, 3.63) is 46.2 Å². The molecule has 0 radical (unpaired) electrons. The Bertz CT molecular complexity index is 653. The molecule has 1 aromatic carbocycles. The quantitative estimate of drug-likeness (QED) is 0.679. The fraction of sp³-hybridized carbons (Fsp3) is 0.333. The van der Waals surface area contributed by atoms with Crippen LogP contribution in [0.5, 0.6) is 5.88 Å². The first-order chi connectivity index (χ1) is 9.67. The highest BCUT2D eigenvalue weighted by atomic mass is 32.2. The average Bonchev–Trinajstić information content (AvgIpc) is 2.44. The predicted molar refractivity (Wildman–Crippen MR) is 81.9 cm³/mol. The van der Waals surface area contributed by atoms with Crippen LogP contribution in [-0.2, 0) is 6.42 Å². The molecule has 1 aromatic heterocycles. The van der Waals surface area contributed by atoms with Gasteiger partial charge in [-0.05, 0) is 24.5 Å². The third-order valence-electron chi connectivity index (χ3n) is 2.92. The van der Waals surface area contributed by atoms with Crippen LogP contribution < -0.4 is 5.56 Å². The summed E-state index contributed by atoms with van der Waals surface area (Å²) in [6, 6.07) is 8.93. The van der Waals surface area contributed by atoms with Crippen LogP contribution in [0.2, 0.25) is 0 Å². The molecule has 2 rings (SSSR count). The first kappa shape index (κ1) is 14.7. The van der Waals surface area contributed by atoms with Crippen molar-refractivity contribution in [2.75, 3.05) is 5.75 Å². The second-order valence-corrected chi connectivity index (χ2v) is 5.46. The zero-order valence-corrected chi connectivity index (χ0v) is 12.5. The van der Waals surface area contributed by atoms with Gasteiger partial charge in [-0.2, -0.15) is 4.98 Å². The van der Waals surface area contributed by atoms with Crippen LogP contribution in [0.15, 0.2) is 40.3 Å². The minimum absolute atomic E-state index is 0.223. The van der Waals surface area contributed by atoms with Crippen molar-refractivity contribution in [1.82, 2.24) is 9.55 Å². The molecule has 2 aromatic rings. The molecule has 0 bridgehead atoms. The lowest BCUT2D eigenvalue weighted by atomic mass is 10.1. The third-order valence-corrected chi connectivity index (χ3v) is 4.07. The maximum atomic E-state index is 12.2. The summed E-state index contributed by atoms with van der Waals surface area (Å²) in [7, 11) is 0. The zero-order chi connectivity index (χ0) is 14.5. The summed E-state index contributed by atoms with van der Waals surface area (Å²) in [5.74, 6) is 0.628. The van der Waals surface area contributed by atoms with Crippen LogP contribution in [-0.4, -0.2) is 20.4 Å². The maximum absolute atomic E-state index is 12.2. The molecule has 0 fully saturated rings. The van der Waals surface area contributed by atoms with Gasteiger partial charge in [0.1, 0.15) is 0 Å². The Labute approximate surface area is 122 Å². The molecule has 1 heterocycles. The average molecular weight is 290 g/mol. The highest BCUT2D eigenvalue weighted by Gasteiger charge is 2.12. The molecule has 0 unspecified atom stereocenters. The summed E-state index contributed by atoms with van der Waals surface area (Å²) in [5.41, 5.74) is 1.67. The number of aromatic nitrogens is 2. The lowest BCUT2D eigenvalue weighted by Gasteiger charge is -2.14. The van der Waals surface area contributed by atoms with E-state index >= 15 is 0 Å². The molecule has 20 heavy (non-hydrogen) atoms. The van der Waals surface area contributed by atoms with Crippen molar-refractivity contribution in [2.45, 2.75) is 31.8 Å². The lowest BCUT2D eigenvalue weighted by molar-refractivity contribution is 0.440. The largest absolute Gasteiger partial charge is 0.493 e. The number of hydrogen-bond acceptors (Lipinski definition) is 4. The van der Waals surface area contributed by atoms with Gasteiger partial charge in [0.2, 0.25) is 5.88 Å². The van der Waals surface area contributed by atoms with Gasteiger partial charge >= 0.3 is 0 Å². The van der Waals surface area contributed by atoms with Gasteiger partial charge in [-0.15, -0.1) is 0 Å². The van der Waals surface area contributed by atoms with Crippen LogP contribution in [0.1, 0.15) is 25.8 Å². The van der Waals surface area contributed by atoms with Crippen LogP contribution in [0.25, 0.3) is 5.69 Å². The molecule has 0 spiro atoms. The summed E-state index contributed by atoms with van der Waals surface area (Å²) in [4.78, 5) is 16.3. The van der Waals surface area contributed by atoms with E-state index in [1.54, 1.807) is 4.57 Å². The fourth-order valence-corrected chi connectivity index (χ4v) is 2.85. The van der Waals surface area contributed by atoms with E-state index in [0.717, 1.165) is 35.9 Å². The molecular formula is C15H18N2O2S. The van der Waals surface area contributed by atoms with Gasteiger partial charge in [0.25, 0.3) is 5.56 Å². The number of thioether (sulfide) groups is 1. The van der Waals surface area contributed by atoms with Crippen molar-refractivity contribution < 1.29 is 5.11 Å². The van der Waals surface area contributed by atoms with Crippen LogP contribution in [0.4, 0.5) is 0 Å². The SMILES string of the molecule is CCCSc1nc(O)cc(=O)n1-c1ccccc1CC. The van der Waals surface area contributed by atoms with E-state index in [0.29, 0.717) is 5.16 Å². The molecular weight excluding hydrogens is 272 g/mol. The van der Waals surface area contributed by atoms with Crippen LogP contribution >= 0.6 is 11.8 Å². The summed E-state index contributed by atoms with van der Waals surface area (Å²) < 4.78 is 1.58. The number of aryl methyl sites for hydroxylation is 1. The number of aromatic hydroxyl groups is 1. The molecule has 1 N–H and O–H groups in total. The number of nitrogens with zero attached hydrogens (tertiary/aromatic N) is 2. The number of para-hydroxylation sites is 1. The normalized spacial score (nSPS) is 10.7. The smallest absolute Gasteiger partial charge is 0.262 e. The summed E-state index contributed by atoms with van der Waals surface area (Å²) >= 11 is 1.48. The zero-order valence-electron chi connectivity index (χ0n) is 11.7. The van der Waals surface area contributed by atoms with E-state index in [2.05, 4.69) is 18.8 Å². The predicted octanol–water partition coefficient (Wildman–Crippen LogP) is 3.00. The Kier molecular flexibility index (Phi) is 4.84. The fourth-order valence-electron chi connectivity index (χ4n) is 1.99. The van der Waals surface area contributed by atoms with E-state index in [9.17, 15) is 9.90 Å². The van der Waals surface area contributed by atoms with Crippen molar-refractivity contribution in [3.8, 4) is 11.6 Å². The number of rotatable bonds is 5. The van der Waals surface area contributed by atoms with Crippen molar-refractivity contribution in [3.63, 3.8) is 0 Å². The van der Waals surface area contributed by atoms with Gasteiger partial charge in [-0.25, -0.2) is 0 Å². The summed E-state index contributed by atoms with van der Waals surface area (Å²) in [6.07, 6.45) is 1.81. The molecule has 0 saturated carbocycles. The summed E-state index contributed by atoms with van der Waals surface area (Å²) in [6.45, 7) is 4.12. The molecule has 0 atom stereocenters. The second kappa shape index (κ2) is 6.61. The minimum atomic E-state index is -0.253. The van der Waals surface area contributed by atoms with E-state index < -0.39 is 0 Å². The third kappa shape index (κ3) is 3.04. The van der Waals surface area contributed by atoms with Crippen molar-refractivity contribution in [2.24, 2.45) is 0 Å². The Morgan fingerprint density at radius 1 is 1.30 bits per heavy atom. The Morgan fingerprint density at radius 3 is 2.75 bits per heavy atom. The minimum Gasteiger partial charge on any atom is -0.493 e. The van der Waals surface area contributed by atoms with Gasteiger partial charge in [0.05, 0.1) is 11.8 Å². The molecule has 0 aliphatic carbocycles. The topological polar surface area (TPSA) is 55.1 Å². The van der Waals surface area contributed by atoms with E-state index in [4.69, 9.17) is 0 Å². The molecule has 4 nitrogen and oxygen atoms in total. The van der Waals surface area contributed by atoms with Crippen LogP contribution in [0.3, 0.4) is 0 Å². The molecule has 0 saturated heterocycles. The maximum Gasteiger partial charge on any atom is 0.262 e. The van der Waals surface area contributed by atoms with Gasteiger partial charge in [-0.3, -0.25) is 9.36 Å². The Morgan fingerprint density at radius 2 is 2.05 bits per heavy atom. The van der Waals surface area contributed by atoms with E-state index in [1.165, 1.54) is 11.8 Å². The first-order valence-electron chi connectivity index (χ1n) is 6.71. The second-order valence-electron chi connectivity index (χ2n) is 4.40. The van der Waals surface area contributed by atoms with Crippen LogP contribution in [0, 0.1) is 0 Å². The number of benzene rings is 1. The molecule has 5 heteroatoms. The number of hydrogen-bond donors (Lipinski definition) is 1. The van der Waals surface area contributed by atoms with Gasteiger partial charge in [0.15, 0.2) is 5.16 Å². The molecule has 0 aliphatic rings. The monoisotopic (exact) mass is 290 g/mol. The molecule has 0 aliphatic heterocycles. The van der Waals surface area contributed by atoms with Crippen molar-refractivity contribution in [1.29, 1.82) is 0 Å². The first-order valence-corrected chi connectivity index (χ1v) is 7.70. The lowest BCUT2D eigenvalue weighted by Crippen LogP contribution is -2.21. The molecule has 0 amide bonds. The van der Waals surface area contributed by atoms with Crippen molar-refractivity contribution >= 4 is 11.8 Å². The Balaban J connectivity index is 2.62. The van der Waals surface area contributed by atoms with Gasteiger partial charge in [-0.1, -0.05) is 43.8 Å². The van der Waals surface area contributed by atoms with E-state index in [-0.39, 0.29) is 11.4 Å². The Hall–Kier alpha value is -1.75. The highest BCUT2D eigenvalue weighted by Crippen LogP contribution is 2.23. The molecule has 106 valence electrons. The van der Waals surface area contributed by atoms with E-state index in [1.807, 2.05) is 24.3 Å². The highest BCUT2D eigenvalue weighted by molar-refractivity contribution is 7.99. The standard InChI is InChI=1S/C15H18N2O2S/c1-3-9-20-15-16-13(18)10-14(19)17(15)12-8-6-5-7-11(12)4-2/h5-8,10,18H,3-4,9H2,1-2H3.